The normalized spacial score (nSPS) is 10.6. The number of phenols is 2. The minimum Gasteiger partial charge on any atom is -0.507 e. The number of hydrogen-bond donors (Lipinski definition) is 2. The van der Waals surface area contributed by atoms with Crippen molar-refractivity contribution in [1.29, 1.82) is 0 Å². The Morgan fingerprint density at radius 2 is 1.09 bits per heavy atom. The number of halogens is 2. The first-order valence-corrected chi connectivity index (χ1v) is 7.93. The van der Waals surface area contributed by atoms with Crippen molar-refractivity contribution in [3.8, 4) is 34.0 Å². The van der Waals surface area contributed by atoms with E-state index in [1.165, 1.54) is 0 Å². The Labute approximate surface area is 143 Å². The third-order valence-corrected chi connectivity index (χ3v) is 4.41. The Bertz CT molecular complexity index is 766. The monoisotopic (exact) mass is 420 g/mol. The van der Waals surface area contributed by atoms with Gasteiger partial charge in [-0.25, -0.2) is 0 Å². The first-order chi connectivity index (χ1) is 10.5. The van der Waals surface area contributed by atoms with Gasteiger partial charge >= 0.3 is 0 Å². The van der Waals surface area contributed by atoms with Gasteiger partial charge in [-0.1, -0.05) is 0 Å². The molecular weight excluding hydrogens is 412 g/mol. The van der Waals surface area contributed by atoms with Gasteiger partial charge in [-0.2, -0.15) is 0 Å². The Balaban J connectivity index is 1.95. The van der Waals surface area contributed by atoms with E-state index in [0.717, 1.165) is 11.1 Å². The fourth-order valence-electron chi connectivity index (χ4n) is 1.96. The number of phenolic OH excluding ortho intramolecular Hbond substituents is 2. The number of hydrogen-bond acceptors (Lipinski definition) is 4. The lowest BCUT2D eigenvalue weighted by Gasteiger charge is -2.05. The van der Waals surface area contributed by atoms with Crippen LogP contribution in [0.25, 0.3) is 22.5 Å². The van der Waals surface area contributed by atoms with Crippen LogP contribution in [0.1, 0.15) is 0 Å². The highest BCUT2D eigenvalue weighted by Gasteiger charge is 2.07. The molecule has 1 aromatic heterocycles. The summed E-state index contributed by atoms with van der Waals surface area (Å²) < 4.78 is 1.22. The number of benzene rings is 2. The lowest BCUT2D eigenvalue weighted by molar-refractivity contribution is 0.471. The van der Waals surface area contributed by atoms with Crippen LogP contribution in [0.4, 0.5) is 0 Å². The second kappa shape index (κ2) is 6.06. The van der Waals surface area contributed by atoms with Crippen LogP contribution in [-0.4, -0.2) is 20.2 Å². The molecule has 0 bridgehead atoms. The lowest BCUT2D eigenvalue weighted by Crippen LogP contribution is -1.89. The predicted molar refractivity (Wildman–Crippen MR) is 91.6 cm³/mol. The first-order valence-electron chi connectivity index (χ1n) is 6.34. The molecule has 0 unspecified atom stereocenters. The Morgan fingerprint density at radius 3 is 1.41 bits per heavy atom. The van der Waals surface area contributed by atoms with Crippen molar-refractivity contribution >= 4 is 31.9 Å². The van der Waals surface area contributed by atoms with E-state index in [1.54, 1.807) is 48.8 Å². The summed E-state index contributed by atoms with van der Waals surface area (Å²) in [5.74, 6) is 0.365. The molecule has 0 aliphatic carbocycles. The van der Waals surface area contributed by atoms with Crippen molar-refractivity contribution in [1.82, 2.24) is 9.97 Å². The van der Waals surface area contributed by atoms with Crippen LogP contribution in [0.5, 0.6) is 11.5 Å². The molecule has 0 spiro atoms. The molecule has 22 heavy (non-hydrogen) atoms. The second-order valence-corrected chi connectivity index (χ2v) is 6.33. The molecule has 0 amide bonds. The lowest BCUT2D eigenvalue weighted by atomic mass is 10.1. The van der Waals surface area contributed by atoms with E-state index in [0.29, 0.717) is 20.3 Å². The van der Waals surface area contributed by atoms with Crippen LogP contribution in [0, 0.1) is 0 Å². The molecule has 6 heteroatoms. The standard InChI is InChI=1S/C16H10Br2N2O2/c17-11-5-9(1-3-15(11)21)13-7-20-14(8-19-13)10-2-4-16(22)12(18)6-10/h1-8,21-22H. The van der Waals surface area contributed by atoms with Crippen LogP contribution in [0.3, 0.4) is 0 Å². The van der Waals surface area contributed by atoms with Gasteiger partial charge in [0.05, 0.1) is 32.7 Å². The summed E-state index contributed by atoms with van der Waals surface area (Å²) in [5.41, 5.74) is 3.14. The fraction of sp³-hybridized carbons (Fsp3) is 0. The van der Waals surface area contributed by atoms with Gasteiger partial charge in [-0.15, -0.1) is 0 Å². The van der Waals surface area contributed by atoms with Gasteiger partial charge in [0.15, 0.2) is 0 Å². The number of aromatic hydroxyl groups is 2. The number of nitrogens with zero attached hydrogens (tertiary/aromatic N) is 2. The second-order valence-electron chi connectivity index (χ2n) is 4.62. The molecule has 4 nitrogen and oxygen atoms in total. The average Bonchev–Trinajstić information content (AvgIpc) is 2.53. The molecule has 0 radical (unpaired) electrons. The van der Waals surface area contributed by atoms with Crippen LogP contribution in [0.2, 0.25) is 0 Å². The summed E-state index contributed by atoms with van der Waals surface area (Å²) in [5, 5.41) is 19.0. The topological polar surface area (TPSA) is 66.2 Å². The zero-order chi connectivity index (χ0) is 15.7. The summed E-state index contributed by atoms with van der Waals surface area (Å²) in [6, 6.07) is 10.3. The van der Waals surface area contributed by atoms with E-state index >= 15 is 0 Å². The summed E-state index contributed by atoms with van der Waals surface area (Å²) >= 11 is 6.56. The molecule has 3 rings (SSSR count). The molecule has 0 aliphatic rings. The fourth-order valence-corrected chi connectivity index (χ4v) is 2.72. The van der Waals surface area contributed by atoms with Gasteiger partial charge < -0.3 is 10.2 Å². The minimum absolute atomic E-state index is 0.183. The zero-order valence-corrected chi connectivity index (χ0v) is 14.3. The summed E-state index contributed by atoms with van der Waals surface area (Å²) in [6.07, 6.45) is 3.35. The average molecular weight is 422 g/mol. The quantitative estimate of drug-likeness (QED) is 0.626. The maximum Gasteiger partial charge on any atom is 0.129 e. The van der Waals surface area contributed by atoms with Gasteiger partial charge in [-0.05, 0) is 68.3 Å². The third kappa shape index (κ3) is 2.98. The van der Waals surface area contributed by atoms with Crippen molar-refractivity contribution in [3.63, 3.8) is 0 Å². The molecule has 110 valence electrons. The van der Waals surface area contributed by atoms with E-state index in [-0.39, 0.29) is 11.5 Å². The smallest absolute Gasteiger partial charge is 0.129 e. The van der Waals surface area contributed by atoms with Gasteiger partial charge in [0.25, 0.3) is 0 Å². The van der Waals surface area contributed by atoms with E-state index in [2.05, 4.69) is 41.8 Å². The van der Waals surface area contributed by atoms with E-state index in [1.807, 2.05) is 0 Å². The molecule has 0 aliphatic heterocycles. The van der Waals surface area contributed by atoms with Crippen molar-refractivity contribution in [2.45, 2.75) is 0 Å². The van der Waals surface area contributed by atoms with E-state index in [4.69, 9.17) is 0 Å². The first kappa shape index (κ1) is 15.0. The predicted octanol–water partition coefficient (Wildman–Crippen LogP) is 4.75. The van der Waals surface area contributed by atoms with Crippen molar-refractivity contribution in [2.24, 2.45) is 0 Å². The Hall–Kier alpha value is -1.92. The van der Waals surface area contributed by atoms with Crippen LogP contribution >= 0.6 is 31.9 Å². The molecular formula is C16H10Br2N2O2. The Kier molecular flexibility index (Phi) is 4.13. The number of rotatable bonds is 2. The van der Waals surface area contributed by atoms with Crippen molar-refractivity contribution < 1.29 is 10.2 Å². The van der Waals surface area contributed by atoms with Crippen molar-refractivity contribution in [2.75, 3.05) is 0 Å². The highest BCUT2D eigenvalue weighted by Crippen LogP contribution is 2.31. The molecule has 1 heterocycles. The van der Waals surface area contributed by atoms with E-state index in [9.17, 15) is 10.2 Å². The largest absolute Gasteiger partial charge is 0.507 e. The highest BCUT2D eigenvalue weighted by molar-refractivity contribution is 9.10. The molecule has 2 N–H and O–H groups in total. The third-order valence-electron chi connectivity index (χ3n) is 3.14. The summed E-state index contributed by atoms with van der Waals surface area (Å²) in [4.78, 5) is 8.81. The highest BCUT2D eigenvalue weighted by atomic mass is 79.9. The SMILES string of the molecule is Oc1ccc(-c2cnc(-c3ccc(O)c(Br)c3)cn2)cc1Br. The minimum atomic E-state index is 0.183. The molecule has 3 aromatic rings. The van der Waals surface area contributed by atoms with Gasteiger partial charge in [0.1, 0.15) is 11.5 Å². The molecule has 0 atom stereocenters. The van der Waals surface area contributed by atoms with Gasteiger partial charge in [0, 0.05) is 11.1 Å². The maximum absolute atomic E-state index is 9.52. The molecule has 2 aromatic carbocycles. The summed E-state index contributed by atoms with van der Waals surface area (Å²) in [6.45, 7) is 0. The number of aromatic nitrogens is 2. The molecule has 0 saturated carbocycles. The molecule has 0 fully saturated rings. The zero-order valence-electron chi connectivity index (χ0n) is 11.2. The van der Waals surface area contributed by atoms with Crippen LogP contribution < -0.4 is 0 Å². The van der Waals surface area contributed by atoms with E-state index < -0.39 is 0 Å². The van der Waals surface area contributed by atoms with Crippen molar-refractivity contribution in [3.05, 3.63) is 57.7 Å². The van der Waals surface area contributed by atoms with Crippen LogP contribution in [0.15, 0.2) is 57.7 Å². The van der Waals surface area contributed by atoms with Crippen LogP contribution in [-0.2, 0) is 0 Å². The summed E-state index contributed by atoms with van der Waals surface area (Å²) in [7, 11) is 0. The van der Waals surface area contributed by atoms with Gasteiger partial charge in [-0.3, -0.25) is 9.97 Å². The Morgan fingerprint density at radius 1 is 0.682 bits per heavy atom. The maximum atomic E-state index is 9.52. The van der Waals surface area contributed by atoms with Gasteiger partial charge in [0.2, 0.25) is 0 Å². The molecule has 0 saturated heterocycles.